The van der Waals surface area contributed by atoms with Crippen LogP contribution in [0.2, 0.25) is 0 Å². The van der Waals surface area contributed by atoms with E-state index in [1.54, 1.807) is 6.92 Å². The molecule has 2 aromatic rings. The lowest BCUT2D eigenvalue weighted by atomic mass is 10.1. The van der Waals surface area contributed by atoms with Gasteiger partial charge in [0.15, 0.2) is 0 Å². The third-order valence-electron chi connectivity index (χ3n) is 2.72. The molecular weight excluding hydrogens is 313 g/mol. The summed E-state index contributed by atoms with van der Waals surface area (Å²) in [4.78, 5) is 11.0. The Labute approximate surface area is 129 Å². The lowest BCUT2D eigenvalue weighted by molar-refractivity contribution is -0.137. The zero-order valence-corrected chi connectivity index (χ0v) is 12.1. The van der Waals surface area contributed by atoms with Crippen LogP contribution in [-0.4, -0.2) is 18.9 Å². The van der Waals surface area contributed by atoms with E-state index in [1.165, 1.54) is 30.5 Å². The minimum absolute atomic E-state index is 0.210. The first kappa shape index (κ1) is 16.6. The number of ether oxygens (including phenoxy) is 1. The topological polar surface area (TPSA) is 63.8 Å². The SMILES string of the molecule is CCOC(=O)N/N=C\c1ccc(-c2cccc(C(F)(F)F)c2)o1. The van der Waals surface area contributed by atoms with Gasteiger partial charge in [0.1, 0.15) is 11.5 Å². The van der Waals surface area contributed by atoms with Gasteiger partial charge in [0.25, 0.3) is 0 Å². The Bertz CT molecular complexity index is 708. The van der Waals surface area contributed by atoms with Crippen LogP contribution in [0.3, 0.4) is 0 Å². The van der Waals surface area contributed by atoms with Gasteiger partial charge in [-0.25, -0.2) is 10.2 Å². The van der Waals surface area contributed by atoms with Crippen molar-refractivity contribution in [3.8, 4) is 11.3 Å². The standard InChI is InChI=1S/C15H13F3N2O3/c1-2-22-14(21)20-19-9-12-6-7-13(23-12)10-4-3-5-11(8-10)15(16,17)18/h3-9H,2H2,1H3,(H,20,21)/b19-9-. The molecule has 1 aromatic heterocycles. The van der Waals surface area contributed by atoms with Crippen molar-refractivity contribution < 1.29 is 27.1 Å². The lowest BCUT2D eigenvalue weighted by Crippen LogP contribution is -2.18. The average molecular weight is 326 g/mol. The summed E-state index contributed by atoms with van der Waals surface area (Å²) in [6, 6.07) is 7.82. The fourth-order valence-corrected chi connectivity index (χ4v) is 1.74. The summed E-state index contributed by atoms with van der Waals surface area (Å²) in [6.07, 6.45) is -3.92. The smallest absolute Gasteiger partial charge is 0.427 e. The molecule has 0 radical (unpaired) electrons. The lowest BCUT2D eigenvalue weighted by Gasteiger charge is -2.07. The molecule has 0 atom stereocenters. The molecule has 0 bridgehead atoms. The molecule has 5 nitrogen and oxygen atoms in total. The highest BCUT2D eigenvalue weighted by Crippen LogP contribution is 2.32. The van der Waals surface area contributed by atoms with E-state index >= 15 is 0 Å². The first-order chi connectivity index (χ1) is 10.9. The maximum atomic E-state index is 12.7. The summed E-state index contributed by atoms with van der Waals surface area (Å²) in [6.45, 7) is 1.86. The molecule has 0 aliphatic heterocycles. The summed E-state index contributed by atoms with van der Waals surface area (Å²) in [5.74, 6) is 0.530. The quantitative estimate of drug-likeness (QED) is 0.681. The van der Waals surface area contributed by atoms with E-state index in [4.69, 9.17) is 4.42 Å². The van der Waals surface area contributed by atoms with Crippen LogP contribution in [0.1, 0.15) is 18.2 Å². The van der Waals surface area contributed by atoms with Gasteiger partial charge >= 0.3 is 12.3 Å². The average Bonchev–Trinajstić information content (AvgIpc) is 2.96. The van der Waals surface area contributed by atoms with Gasteiger partial charge in [-0.3, -0.25) is 0 Å². The highest BCUT2D eigenvalue weighted by atomic mass is 19.4. The van der Waals surface area contributed by atoms with Crippen molar-refractivity contribution in [2.24, 2.45) is 5.10 Å². The van der Waals surface area contributed by atoms with Gasteiger partial charge in [-0.2, -0.15) is 18.3 Å². The van der Waals surface area contributed by atoms with E-state index in [2.05, 4.69) is 15.3 Å². The molecule has 0 fully saturated rings. The summed E-state index contributed by atoms with van der Waals surface area (Å²) in [7, 11) is 0. The first-order valence-electron chi connectivity index (χ1n) is 6.63. The second-order valence-electron chi connectivity index (χ2n) is 4.37. The number of hydrogen-bond acceptors (Lipinski definition) is 4. The second kappa shape index (κ2) is 6.99. The molecule has 0 saturated heterocycles. The van der Waals surface area contributed by atoms with Crippen molar-refractivity contribution >= 4 is 12.3 Å². The van der Waals surface area contributed by atoms with Crippen LogP contribution >= 0.6 is 0 Å². The number of benzene rings is 1. The number of carbonyl (C=O) groups excluding carboxylic acids is 1. The van der Waals surface area contributed by atoms with Crippen molar-refractivity contribution in [2.45, 2.75) is 13.1 Å². The molecule has 8 heteroatoms. The molecule has 23 heavy (non-hydrogen) atoms. The van der Waals surface area contributed by atoms with Crippen LogP contribution in [0.5, 0.6) is 0 Å². The molecule has 1 heterocycles. The van der Waals surface area contributed by atoms with Crippen molar-refractivity contribution in [2.75, 3.05) is 6.61 Å². The predicted molar refractivity (Wildman–Crippen MR) is 76.9 cm³/mol. The van der Waals surface area contributed by atoms with E-state index < -0.39 is 17.8 Å². The highest BCUT2D eigenvalue weighted by molar-refractivity contribution is 5.79. The van der Waals surface area contributed by atoms with Gasteiger partial charge in [0, 0.05) is 5.56 Å². The van der Waals surface area contributed by atoms with Gasteiger partial charge in [0.05, 0.1) is 18.4 Å². The third kappa shape index (κ3) is 4.60. The third-order valence-corrected chi connectivity index (χ3v) is 2.72. The Balaban J connectivity index is 2.10. The van der Waals surface area contributed by atoms with Gasteiger partial charge in [0.2, 0.25) is 0 Å². The Morgan fingerprint density at radius 2 is 2.13 bits per heavy atom. The minimum atomic E-state index is -4.42. The molecule has 2 rings (SSSR count). The summed E-state index contributed by atoms with van der Waals surface area (Å²) >= 11 is 0. The Morgan fingerprint density at radius 3 is 2.83 bits per heavy atom. The number of nitrogens with zero attached hydrogens (tertiary/aromatic N) is 1. The number of alkyl halides is 3. The Morgan fingerprint density at radius 1 is 1.35 bits per heavy atom. The van der Waals surface area contributed by atoms with Crippen molar-refractivity contribution in [3.05, 3.63) is 47.7 Å². The van der Waals surface area contributed by atoms with E-state index in [9.17, 15) is 18.0 Å². The van der Waals surface area contributed by atoms with Gasteiger partial charge in [-0.15, -0.1) is 0 Å². The molecule has 0 aliphatic carbocycles. The maximum absolute atomic E-state index is 12.7. The molecule has 0 saturated carbocycles. The van der Waals surface area contributed by atoms with Crippen LogP contribution in [0.15, 0.2) is 45.9 Å². The van der Waals surface area contributed by atoms with Gasteiger partial charge in [-0.05, 0) is 31.2 Å². The number of amides is 1. The van der Waals surface area contributed by atoms with Gasteiger partial charge < -0.3 is 9.15 Å². The molecule has 1 amide bonds. The molecular formula is C15H13F3N2O3. The summed E-state index contributed by atoms with van der Waals surface area (Å²) in [5, 5.41) is 3.60. The fraction of sp³-hybridized carbons (Fsp3) is 0.200. The predicted octanol–water partition coefficient (Wildman–Crippen LogP) is 4.05. The zero-order chi connectivity index (χ0) is 16.9. The number of halogens is 3. The largest absolute Gasteiger partial charge is 0.455 e. The first-order valence-corrected chi connectivity index (χ1v) is 6.63. The maximum Gasteiger partial charge on any atom is 0.427 e. The van der Waals surface area contributed by atoms with Crippen molar-refractivity contribution in [1.82, 2.24) is 5.43 Å². The number of nitrogens with one attached hydrogen (secondary N) is 1. The monoisotopic (exact) mass is 326 g/mol. The van der Waals surface area contributed by atoms with E-state index in [0.29, 0.717) is 0 Å². The van der Waals surface area contributed by atoms with Crippen LogP contribution in [0, 0.1) is 0 Å². The Kier molecular flexibility index (Phi) is 5.05. The van der Waals surface area contributed by atoms with Crippen LogP contribution in [0.4, 0.5) is 18.0 Å². The van der Waals surface area contributed by atoms with Crippen molar-refractivity contribution in [3.63, 3.8) is 0 Å². The highest BCUT2D eigenvalue weighted by Gasteiger charge is 2.30. The number of hydrazone groups is 1. The second-order valence-corrected chi connectivity index (χ2v) is 4.37. The zero-order valence-electron chi connectivity index (χ0n) is 12.1. The van der Waals surface area contributed by atoms with Gasteiger partial charge in [-0.1, -0.05) is 12.1 Å². The normalized spacial score (nSPS) is 11.7. The van der Waals surface area contributed by atoms with Crippen molar-refractivity contribution in [1.29, 1.82) is 0 Å². The van der Waals surface area contributed by atoms with E-state index in [0.717, 1.165) is 12.1 Å². The Hall–Kier alpha value is -2.77. The minimum Gasteiger partial charge on any atom is -0.455 e. The summed E-state index contributed by atoms with van der Waals surface area (Å²) < 4.78 is 48.0. The van der Waals surface area contributed by atoms with Crippen LogP contribution in [0.25, 0.3) is 11.3 Å². The number of rotatable bonds is 4. The number of furan rings is 1. The van der Waals surface area contributed by atoms with Crippen LogP contribution in [-0.2, 0) is 10.9 Å². The van der Waals surface area contributed by atoms with E-state index in [-0.39, 0.29) is 23.7 Å². The molecule has 1 aromatic carbocycles. The van der Waals surface area contributed by atoms with E-state index in [1.807, 2.05) is 0 Å². The molecule has 0 aliphatic rings. The molecule has 0 spiro atoms. The number of hydrogen-bond donors (Lipinski definition) is 1. The number of carbonyl (C=O) groups is 1. The fourth-order valence-electron chi connectivity index (χ4n) is 1.74. The van der Waals surface area contributed by atoms with Crippen LogP contribution < -0.4 is 5.43 Å². The summed E-state index contributed by atoms with van der Waals surface area (Å²) in [5.41, 5.74) is 1.64. The molecule has 122 valence electrons. The molecule has 0 unspecified atom stereocenters. The molecule has 1 N–H and O–H groups in total.